The van der Waals surface area contributed by atoms with Crippen LogP contribution in [0.25, 0.3) is 11.4 Å². The van der Waals surface area contributed by atoms with Crippen molar-refractivity contribution in [1.29, 1.82) is 0 Å². The molecule has 4 rings (SSSR count). The zero-order valence-electron chi connectivity index (χ0n) is 20.6. The van der Waals surface area contributed by atoms with Crippen molar-refractivity contribution >= 4 is 28.1 Å². The molecule has 4 aromatic rings. The molecule has 0 saturated heterocycles. The number of thiazole rings is 1. The van der Waals surface area contributed by atoms with Gasteiger partial charge in [-0.15, -0.1) is 11.3 Å². The van der Waals surface area contributed by atoms with E-state index in [9.17, 15) is 9.18 Å². The fourth-order valence-corrected chi connectivity index (χ4v) is 4.61. The number of imidazole rings is 1. The van der Waals surface area contributed by atoms with E-state index in [1.165, 1.54) is 12.1 Å². The van der Waals surface area contributed by atoms with Gasteiger partial charge in [-0.25, -0.2) is 14.4 Å². The van der Waals surface area contributed by atoms with E-state index in [2.05, 4.69) is 32.9 Å². The maximum atomic E-state index is 13.0. The summed E-state index contributed by atoms with van der Waals surface area (Å²) >= 11 is 1.56. The molecule has 0 aliphatic heterocycles. The highest BCUT2D eigenvalue weighted by molar-refractivity contribution is 7.13. The summed E-state index contributed by atoms with van der Waals surface area (Å²) < 4.78 is 18.6. The van der Waals surface area contributed by atoms with Gasteiger partial charge in [-0.1, -0.05) is 19.1 Å². The summed E-state index contributed by atoms with van der Waals surface area (Å²) in [5, 5.41) is 9.18. The molecule has 0 bridgehead atoms. The molecule has 0 fully saturated rings. The Morgan fingerprint density at radius 1 is 1.19 bits per heavy atom. The topological polar surface area (TPSA) is 91.9 Å². The van der Waals surface area contributed by atoms with Gasteiger partial charge in [-0.05, 0) is 55.5 Å². The van der Waals surface area contributed by atoms with Crippen LogP contribution in [0.5, 0.6) is 5.75 Å². The van der Waals surface area contributed by atoms with Crippen LogP contribution in [-0.2, 0) is 17.6 Å². The quantitative estimate of drug-likeness (QED) is 0.244. The molecular weight excluding hydrogens is 477 g/mol. The summed E-state index contributed by atoms with van der Waals surface area (Å²) in [6.45, 7) is 4.69. The van der Waals surface area contributed by atoms with Crippen molar-refractivity contribution in [3.63, 3.8) is 0 Å². The molecule has 2 aromatic carbocycles. The molecular formula is C27H30FN5O2S. The van der Waals surface area contributed by atoms with E-state index in [1.807, 2.05) is 31.3 Å². The minimum absolute atomic E-state index is 0.0578. The third-order valence-electron chi connectivity index (χ3n) is 5.76. The third-order valence-corrected chi connectivity index (χ3v) is 6.57. The number of carbonyl (C=O) groups excluding carboxylic acids is 1. The normalized spacial score (nSPS) is 11.8. The molecule has 2 heterocycles. The van der Waals surface area contributed by atoms with Crippen LogP contribution in [0.1, 0.15) is 30.3 Å². The van der Waals surface area contributed by atoms with Gasteiger partial charge in [-0.2, -0.15) is 0 Å². The molecule has 0 aliphatic carbocycles. The highest BCUT2D eigenvalue weighted by Gasteiger charge is 2.12. The molecule has 0 radical (unpaired) electrons. The Hall–Kier alpha value is -3.72. The van der Waals surface area contributed by atoms with Crippen molar-refractivity contribution in [3.05, 3.63) is 76.8 Å². The zero-order valence-corrected chi connectivity index (χ0v) is 21.4. The Morgan fingerprint density at radius 3 is 2.72 bits per heavy atom. The Bertz CT molecular complexity index is 1300. The number of rotatable bonds is 11. The molecule has 2 aromatic heterocycles. The lowest BCUT2D eigenvalue weighted by atomic mass is 10.0. The number of halogens is 1. The minimum Gasteiger partial charge on any atom is -0.496 e. The standard InChI is InChI=1S/C27H30FN5O2S/c1-17(10-11-29-25(34)13-19-4-6-20(28)7-5-19)12-22-16-36-27(33-22)32-21-8-9-23(24(14-21)35-3)26-30-15-18(2)31-26/h4-9,14-17H,10-13H2,1-3H3,(H,29,34)(H,30,31)(H,32,33)/t17-/m0/s1. The summed E-state index contributed by atoms with van der Waals surface area (Å²) in [7, 11) is 1.65. The van der Waals surface area contributed by atoms with Crippen molar-refractivity contribution in [1.82, 2.24) is 20.3 Å². The van der Waals surface area contributed by atoms with E-state index >= 15 is 0 Å². The molecule has 0 aliphatic rings. The molecule has 0 unspecified atom stereocenters. The van der Waals surface area contributed by atoms with E-state index in [4.69, 9.17) is 9.72 Å². The number of aromatic amines is 1. The van der Waals surface area contributed by atoms with Crippen molar-refractivity contribution in [2.24, 2.45) is 5.92 Å². The van der Waals surface area contributed by atoms with Gasteiger partial charge >= 0.3 is 0 Å². The SMILES string of the molecule is COc1cc(Nc2nc(C[C@@H](C)CCNC(=O)Cc3ccc(F)cc3)cs2)ccc1-c1nc(C)c[nH]1. The van der Waals surface area contributed by atoms with Gasteiger partial charge in [0.2, 0.25) is 5.91 Å². The molecule has 0 spiro atoms. The number of ether oxygens (including phenoxy) is 1. The zero-order chi connectivity index (χ0) is 25.5. The van der Waals surface area contributed by atoms with E-state index in [0.717, 1.165) is 57.7 Å². The number of aryl methyl sites for hydroxylation is 1. The maximum absolute atomic E-state index is 13.0. The smallest absolute Gasteiger partial charge is 0.224 e. The monoisotopic (exact) mass is 507 g/mol. The molecule has 1 amide bonds. The largest absolute Gasteiger partial charge is 0.496 e. The number of nitrogens with one attached hydrogen (secondary N) is 3. The van der Waals surface area contributed by atoms with Gasteiger partial charge in [0.05, 0.1) is 30.5 Å². The van der Waals surface area contributed by atoms with Crippen molar-refractivity contribution in [3.8, 4) is 17.1 Å². The van der Waals surface area contributed by atoms with Crippen molar-refractivity contribution in [2.75, 3.05) is 19.0 Å². The number of carbonyl (C=O) groups is 1. The number of aromatic nitrogens is 3. The second-order valence-electron chi connectivity index (χ2n) is 8.83. The van der Waals surface area contributed by atoms with Crippen molar-refractivity contribution in [2.45, 2.75) is 33.1 Å². The Balaban J connectivity index is 1.25. The van der Waals surface area contributed by atoms with Gasteiger partial charge in [0.25, 0.3) is 0 Å². The van der Waals surface area contributed by atoms with E-state index < -0.39 is 0 Å². The second-order valence-corrected chi connectivity index (χ2v) is 9.68. The summed E-state index contributed by atoms with van der Waals surface area (Å²) in [6.07, 6.45) is 3.79. The van der Waals surface area contributed by atoms with Gasteiger partial charge in [-0.3, -0.25) is 4.79 Å². The first kappa shape index (κ1) is 25.4. The highest BCUT2D eigenvalue weighted by atomic mass is 32.1. The number of methoxy groups -OCH3 is 1. The van der Waals surface area contributed by atoms with Gasteiger partial charge in [0.15, 0.2) is 5.13 Å². The number of amides is 1. The predicted octanol–water partition coefficient (Wildman–Crippen LogP) is 5.66. The molecule has 7 nitrogen and oxygen atoms in total. The molecule has 0 saturated carbocycles. The first-order valence-corrected chi connectivity index (χ1v) is 12.7. The Kier molecular flexibility index (Phi) is 8.32. The average molecular weight is 508 g/mol. The van der Waals surface area contributed by atoms with Crippen LogP contribution in [0.3, 0.4) is 0 Å². The van der Waals surface area contributed by atoms with Crippen LogP contribution in [0.2, 0.25) is 0 Å². The molecule has 188 valence electrons. The molecule has 9 heteroatoms. The van der Waals surface area contributed by atoms with Crippen LogP contribution >= 0.6 is 11.3 Å². The summed E-state index contributed by atoms with van der Waals surface area (Å²) in [6, 6.07) is 11.9. The molecule has 3 N–H and O–H groups in total. The highest BCUT2D eigenvalue weighted by Crippen LogP contribution is 2.32. The Labute approximate surface area is 214 Å². The number of H-pyrrole nitrogens is 1. The maximum Gasteiger partial charge on any atom is 0.224 e. The summed E-state index contributed by atoms with van der Waals surface area (Å²) in [5.74, 6) is 1.50. The lowest BCUT2D eigenvalue weighted by Gasteiger charge is -2.11. The molecule has 36 heavy (non-hydrogen) atoms. The lowest BCUT2D eigenvalue weighted by Crippen LogP contribution is -2.27. The van der Waals surface area contributed by atoms with E-state index in [-0.39, 0.29) is 18.1 Å². The Morgan fingerprint density at radius 2 is 2.00 bits per heavy atom. The van der Waals surface area contributed by atoms with Crippen LogP contribution in [0.15, 0.2) is 54.0 Å². The first-order valence-electron chi connectivity index (χ1n) is 11.8. The van der Waals surface area contributed by atoms with Gasteiger partial charge in [0.1, 0.15) is 17.4 Å². The van der Waals surface area contributed by atoms with Gasteiger partial charge in [0, 0.05) is 29.9 Å². The number of hydrogen-bond donors (Lipinski definition) is 3. The minimum atomic E-state index is -0.300. The van der Waals surface area contributed by atoms with Crippen LogP contribution in [-0.4, -0.2) is 34.5 Å². The van der Waals surface area contributed by atoms with Crippen LogP contribution in [0, 0.1) is 18.7 Å². The fraction of sp³-hybridized carbons (Fsp3) is 0.296. The number of hydrogen-bond acceptors (Lipinski definition) is 6. The van der Waals surface area contributed by atoms with E-state index in [0.29, 0.717) is 12.5 Å². The van der Waals surface area contributed by atoms with Crippen molar-refractivity contribution < 1.29 is 13.9 Å². The second kappa shape index (κ2) is 11.8. The van der Waals surface area contributed by atoms with E-state index in [1.54, 1.807) is 30.6 Å². The lowest BCUT2D eigenvalue weighted by molar-refractivity contribution is -0.120. The van der Waals surface area contributed by atoms with Gasteiger partial charge < -0.3 is 20.4 Å². The molecule has 1 atom stereocenters. The first-order chi connectivity index (χ1) is 17.4. The third kappa shape index (κ3) is 6.91. The summed E-state index contributed by atoms with van der Waals surface area (Å²) in [4.78, 5) is 24.5. The number of anilines is 2. The number of benzene rings is 2. The summed E-state index contributed by atoms with van der Waals surface area (Å²) in [5.41, 5.74) is 4.52. The van der Waals surface area contributed by atoms with Crippen LogP contribution in [0.4, 0.5) is 15.2 Å². The fourth-order valence-electron chi connectivity index (χ4n) is 3.87. The number of nitrogens with zero attached hydrogens (tertiary/aromatic N) is 2. The average Bonchev–Trinajstić information content (AvgIpc) is 3.49. The van der Waals surface area contributed by atoms with Crippen LogP contribution < -0.4 is 15.4 Å². The predicted molar refractivity (Wildman–Crippen MR) is 141 cm³/mol.